The van der Waals surface area contributed by atoms with Crippen molar-refractivity contribution in [2.75, 3.05) is 0 Å². The van der Waals surface area contributed by atoms with Crippen LogP contribution in [0.25, 0.3) is 11.4 Å². The van der Waals surface area contributed by atoms with E-state index < -0.39 is 0 Å². The van der Waals surface area contributed by atoms with Crippen LogP contribution in [0.2, 0.25) is 0 Å². The van der Waals surface area contributed by atoms with E-state index in [0.717, 1.165) is 17.7 Å². The highest BCUT2D eigenvalue weighted by atomic mass is 127. The van der Waals surface area contributed by atoms with Gasteiger partial charge in [0.15, 0.2) is 0 Å². The number of nitrogens with one attached hydrogen (secondary N) is 1. The molecule has 0 saturated heterocycles. The zero-order valence-electron chi connectivity index (χ0n) is 10.7. The molecule has 1 aliphatic rings. The van der Waals surface area contributed by atoms with Gasteiger partial charge in [0.2, 0.25) is 0 Å². The average molecular weight is 366 g/mol. The van der Waals surface area contributed by atoms with Gasteiger partial charge < -0.3 is 4.98 Å². The smallest absolute Gasteiger partial charge is 0.264 e. The van der Waals surface area contributed by atoms with E-state index in [0.29, 0.717) is 15.3 Å². The van der Waals surface area contributed by atoms with Gasteiger partial charge in [0.25, 0.3) is 5.56 Å². The summed E-state index contributed by atoms with van der Waals surface area (Å²) in [7, 11) is 0. The van der Waals surface area contributed by atoms with Gasteiger partial charge in [-0.2, -0.15) is 0 Å². The zero-order chi connectivity index (χ0) is 13.4. The van der Waals surface area contributed by atoms with Crippen LogP contribution in [0.5, 0.6) is 0 Å². The molecule has 19 heavy (non-hydrogen) atoms. The maximum Gasteiger partial charge on any atom is 0.264 e. The molecule has 1 fully saturated rings. The van der Waals surface area contributed by atoms with Gasteiger partial charge in [-0.25, -0.2) is 4.98 Å². The molecule has 98 valence electrons. The summed E-state index contributed by atoms with van der Waals surface area (Å²) in [6, 6.07) is 8.27. The van der Waals surface area contributed by atoms with Crippen LogP contribution in [-0.2, 0) is 6.42 Å². The van der Waals surface area contributed by atoms with E-state index in [-0.39, 0.29) is 5.56 Å². The largest absolute Gasteiger partial charge is 0.306 e. The summed E-state index contributed by atoms with van der Waals surface area (Å²) in [5.41, 5.74) is 3.24. The number of aryl methyl sites for hydroxylation is 1. The lowest BCUT2D eigenvalue weighted by Crippen LogP contribution is -2.16. The normalized spacial score (nSPS) is 14.6. The molecule has 0 amide bonds. The maximum atomic E-state index is 12.0. The van der Waals surface area contributed by atoms with Crippen LogP contribution in [0.1, 0.15) is 36.9 Å². The zero-order valence-corrected chi connectivity index (χ0v) is 12.9. The molecular weight excluding hydrogens is 351 g/mol. The highest BCUT2D eigenvalue weighted by molar-refractivity contribution is 14.1. The lowest BCUT2D eigenvalue weighted by Gasteiger charge is -2.09. The van der Waals surface area contributed by atoms with Crippen molar-refractivity contribution in [3.05, 3.63) is 49.4 Å². The molecule has 4 heteroatoms. The fourth-order valence-electron chi connectivity index (χ4n) is 2.33. The molecule has 1 heterocycles. The van der Waals surface area contributed by atoms with Gasteiger partial charge in [0, 0.05) is 5.56 Å². The molecular formula is C15H15IN2O. The standard InChI is InChI=1S/C15H15IN2O/c1-2-12-13(16)15(19)18-14(17-12)11-6-4-3-5-10(11)9-7-8-9/h3-6,9H,2,7-8H2,1H3,(H,17,18,19). The van der Waals surface area contributed by atoms with Gasteiger partial charge in [-0.3, -0.25) is 4.79 Å². The molecule has 1 saturated carbocycles. The van der Waals surface area contributed by atoms with Crippen LogP contribution in [0.3, 0.4) is 0 Å². The minimum atomic E-state index is -0.0342. The topological polar surface area (TPSA) is 45.8 Å². The first-order valence-electron chi connectivity index (χ1n) is 6.58. The third-order valence-corrected chi connectivity index (χ3v) is 4.61. The van der Waals surface area contributed by atoms with Crippen molar-refractivity contribution in [2.45, 2.75) is 32.1 Å². The fraction of sp³-hybridized carbons (Fsp3) is 0.333. The molecule has 1 aromatic carbocycles. The lowest BCUT2D eigenvalue weighted by molar-refractivity contribution is 0.963. The van der Waals surface area contributed by atoms with Crippen LogP contribution in [0.4, 0.5) is 0 Å². The predicted molar refractivity (Wildman–Crippen MR) is 84.4 cm³/mol. The number of hydrogen-bond acceptors (Lipinski definition) is 2. The third-order valence-electron chi connectivity index (χ3n) is 3.50. The quantitative estimate of drug-likeness (QED) is 0.846. The SMILES string of the molecule is CCc1nc(-c2ccccc2C2CC2)[nH]c(=O)c1I. The molecule has 0 bridgehead atoms. The van der Waals surface area contributed by atoms with Crippen molar-refractivity contribution in [3.8, 4) is 11.4 Å². The Morgan fingerprint density at radius 1 is 1.37 bits per heavy atom. The Bertz CT molecular complexity index is 674. The van der Waals surface area contributed by atoms with E-state index >= 15 is 0 Å². The Balaban J connectivity index is 2.17. The minimum absolute atomic E-state index is 0.0342. The number of halogens is 1. The highest BCUT2D eigenvalue weighted by Gasteiger charge is 2.26. The van der Waals surface area contributed by atoms with Crippen molar-refractivity contribution in [1.29, 1.82) is 0 Å². The number of hydrogen-bond donors (Lipinski definition) is 1. The fourth-order valence-corrected chi connectivity index (χ4v) is 2.97. The van der Waals surface area contributed by atoms with E-state index in [2.05, 4.69) is 50.8 Å². The Hall–Kier alpha value is -1.17. The Morgan fingerprint density at radius 3 is 2.79 bits per heavy atom. The first kappa shape index (κ1) is 12.8. The molecule has 0 atom stereocenters. The summed E-state index contributed by atoms with van der Waals surface area (Å²) in [6.07, 6.45) is 3.26. The first-order valence-corrected chi connectivity index (χ1v) is 7.66. The Kier molecular flexibility index (Phi) is 3.43. The number of aromatic nitrogens is 2. The summed E-state index contributed by atoms with van der Waals surface area (Å²) >= 11 is 2.07. The maximum absolute atomic E-state index is 12.0. The third kappa shape index (κ3) is 2.45. The van der Waals surface area contributed by atoms with Crippen LogP contribution in [0.15, 0.2) is 29.1 Å². The molecule has 2 aromatic rings. The van der Waals surface area contributed by atoms with E-state index in [1.165, 1.54) is 18.4 Å². The van der Waals surface area contributed by atoms with E-state index in [4.69, 9.17) is 0 Å². The second-order valence-corrected chi connectivity index (χ2v) is 5.97. The number of rotatable bonds is 3. The predicted octanol–water partition coefficient (Wildman–Crippen LogP) is 3.48. The van der Waals surface area contributed by atoms with Gasteiger partial charge >= 0.3 is 0 Å². The van der Waals surface area contributed by atoms with Gasteiger partial charge in [-0.1, -0.05) is 31.2 Å². The van der Waals surface area contributed by atoms with Crippen molar-refractivity contribution in [1.82, 2.24) is 9.97 Å². The summed E-state index contributed by atoms with van der Waals surface area (Å²) < 4.78 is 0.702. The van der Waals surface area contributed by atoms with Crippen LogP contribution in [0, 0.1) is 3.57 Å². The average Bonchev–Trinajstić information content (AvgIpc) is 3.26. The molecule has 0 radical (unpaired) electrons. The molecule has 3 rings (SSSR count). The summed E-state index contributed by atoms with van der Waals surface area (Å²) in [5.74, 6) is 1.36. The molecule has 1 N–H and O–H groups in total. The number of aromatic amines is 1. The van der Waals surface area contributed by atoms with Gasteiger partial charge in [-0.15, -0.1) is 0 Å². The molecule has 1 aliphatic carbocycles. The number of benzene rings is 1. The molecule has 0 aliphatic heterocycles. The van der Waals surface area contributed by atoms with Crippen LogP contribution >= 0.6 is 22.6 Å². The molecule has 1 aromatic heterocycles. The van der Waals surface area contributed by atoms with E-state index in [1.54, 1.807) is 0 Å². The van der Waals surface area contributed by atoms with Crippen molar-refractivity contribution >= 4 is 22.6 Å². The van der Waals surface area contributed by atoms with Gasteiger partial charge in [0.1, 0.15) is 5.82 Å². The van der Waals surface area contributed by atoms with Crippen molar-refractivity contribution in [2.24, 2.45) is 0 Å². The minimum Gasteiger partial charge on any atom is -0.306 e. The van der Waals surface area contributed by atoms with E-state index in [1.807, 2.05) is 13.0 Å². The molecule has 0 spiro atoms. The molecule has 0 unspecified atom stereocenters. The van der Waals surface area contributed by atoms with Gasteiger partial charge in [-0.05, 0) is 53.3 Å². The van der Waals surface area contributed by atoms with E-state index in [9.17, 15) is 4.79 Å². The number of H-pyrrole nitrogens is 1. The van der Waals surface area contributed by atoms with Gasteiger partial charge in [0.05, 0.1) is 9.26 Å². The van der Waals surface area contributed by atoms with Crippen LogP contribution in [-0.4, -0.2) is 9.97 Å². The highest BCUT2D eigenvalue weighted by Crippen LogP contribution is 2.43. The number of nitrogens with zero attached hydrogens (tertiary/aromatic N) is 1. The monoisotopic (exact) mass is 366 g/mol. The van der Waals surface area contributed by atoms with Crippen molar-refractivity contribution < 1.29 is 0 Å². The Labute approximate surface area is 125 Å². The summed E-state index contributed by atoms with van der Waals surface area (Å²) in [5, 5.41) is 0. The lowest BCUT2D eigenvalue weighted by atomic mass is 10.0. The summed E-state index contributed by atoms with van der Waals surface area (Å²) in [6.45, 7) is 2.03. The second-order valence-electron chi connectivity index (χ2n) is 4.89. The first-order chi connectivity index (χ1) is 9.20. The van der Waals surface area contributed by atoms with Crippen molar-refractivity contribution in [3.63, 3.8) is 0 Å². The molecule has 3 nitrogen and oxygen atoms in total. The summed E-state index contributed by atoms with van der Waals surface area (Å²) in [4.78, 5) is 19.5. The van der Waals surface area contributed by atoms with Crippen LogP contribution < -0.4 is 5.56 Å². The Morgan fingerprint density at radius 2 is 2.11 bits per heavy atom. The second kappa shape index (κ2) is 5.07.